The van der Waals surface area contributed by atoms with Crippen molar-refractivity contribution in [2.75, 3.05) is 7.05 Å². The van der Waals surface area contributed by atoms with Gasteiger partial charge >= 0.3 is 14.7 Å². The first-order chi connectivity index (χ1) is 4.18. The van der Waals surface area contributed by atoms with Gasteiger partial charge in [0, 0.05) is 7.05 Å². The van der Waals surface area contributed by atoms with Crippen LogP contribution in [0.4, 0.5) is 4.79 Å². The number of rotatable bonds is 3. The molecule has 1 amide bonds. The summed E-state index contributed by atoms with van der Waals surface area (Å²) in [5, 5.41) is 8.17. The summed E-state index contributed by atoms with van der Waals surface area (Å²) in [5.41, 5.74) is 0. The molecule has 1 atom stereocenters. The molecule has 0 heterocycles. The number of amides is 1. The number of nitrogens with zero attached hydrogens (tertiary/aromatic N) is 1. The first-order valence-corrected chi connectivity index (χ1v) is 3.62. The van der Waals surface area contributed by atoms with Crippen molar-refractivity contribution in [1.82, 2.24) is 8.80 Å². The number of hydrogen-bond donors (Lipinski definition) is 2. The lowest BCUT2D eigenvalue weighted by atomic mass is 11.1. The highest BCUT2D eigenvalue weighted by Crippen LogP contribution is 2.04. The van der Waals surface area contributed by atoms with Crippen LogP contribution in [0, 0.1) is 0 Å². The molecule has 7 heteroatoms. The number of nitrogens with one attached hydrogen (secondary N) is 1. The molecular weight excluding hydrogens is 163 g/mol. The van der Waals surface area contributed by atoms with Gasteiger partial charge < -0.3 is 5.11 Å². The third-order valence-corrected chi connectivity index (χ3v) is 1.62. The van der Waals surface area contributed by atoms with E-state index < -0.39 is 14.7 Å². The Morgan fingerprint density at radius 2 is 2.44 bits per heavy atom. The lowest BCUT2D eigenvalue weighted by Gasteiger charge is -2.04. The van der Waals surface area contributed by atoms with Crippen molar-refractivity contribution in [3.63, 3.8) is 0 Å². The van der Waals surface area contributed by atoms with Gasteiger partial charge in [-0.05, 0) is 4.49 Å². The third kappa shape index (κ3) is 4.20. The van der Waals surface area contributed by atoms with Gasteiger partial charge in [-0.2, -0.15) is 0 Å². The summed E-state index contributed by atoms with van der Waals surface area (Å²) in [6.45, 7) is 0. The second-order valence-electron chi connectivity index (χ2n) is 1.08. The van der Waals surface area contributed by atoms with Crippen LogP contribution in [0.1, 0.15) is 0 Å². The SMILES string of the molecule is CN(SN[PH+]=O)C(=O)O. The van der Waals surface area contributed by atoms with Crippen LogP contribution in [0.3, 0.4) is 0 Å². The van der Waals surface area contributed by atoms with Crippen molar-refractivity contribution in [3.05, 3.63) is 0 Å². The highest BCUT2D eigenvalue weighted by atomic mass is 32.2. The Balaban J connectivity index is 3.37. The van der Waals surface area contributed by atoms with Crippen molar-refractivity contribution in [1.29, 1.82) is 0 Å². The zero-order valence-electron chi connectivity index (χ0n) is 4.62. The van der Waals surface area contributed by atoms with Gasteiger partial charge in [-0.1, -0.05) is 4.57 Å². The van der Waals surface area contributed by atoms with E-state index in [9.17, 15) is 9.36 Å². The zero-order valence-corrected chi connectivity index (χ0v) is 6.44. The second-order valence-corrected chi connectivity index (χ2v) is 2.83. The predicted octanol–water partition coefficient (Wildman–Crippen LogP) is 0.688. The summed E-state index contributed by atoms with van der Waals surface area (Å²) in [6, 6.07) is 0. The largest absolute Gasteiger partial charge is 0.464 e. The molecule has 0 aliphatic rings. The summed E-state index contributed by atoms with van der Waals surface area (Å²) < 4.78 is 12.9. The molecule has 0 spiro atoms. The normalized spacial score (nSPS) is 9.44. The van der Waals surface area contributed by atoms with E-state index >= 15 is 0 Å². The number of hydrogen-bond acceptors (Lipinski definition) is 3. The maximum atomic E-state index is 9.97. The molecule has 0 fully saturated rings. The highest BCUT2D eigenvalue weighted by Gasteiger charge is 2.06. The molecule has 0 aliphatic heterocycles. The maximum Gasteiger partial charge on any atom is 0.430 e. The Kier molecular flexibility index (Phi) is 4.39. The first kappa shape index (κ1) is 8.68. The summed E-state index contributed by atoms with van der Waals surface area (Å²) in [4.78, 5) is 9.97. The van der Waals surface area contributed by atoms with Crippen LogP contribution < -0.4 is 4.49 Å². The molecule has 9 heavy (non-hydrogen) atoms. The topological polar surface area (TPSA) is 69.6 Å². The Bertz CT molecular complexity index is 120. The molecule has 0 aromatic heterocycles. The van der Waals surface area contributed by atoms with Crippen molar-refractivity contribution in [3.8, 4) is 0 Å². The second kappa shape index (κ2) is 4.55. The molecule has 0 aromatic rings. The van der Waals surface area contributed by atoms with E-state index in [-0.39, 0.29) is 0 Å². The van der Waals surface area contributed by atoms with E-state index in [4.69, 9.17) is 5.11 Å². The molecule has 2 N–H and O–H groups in total. The molecule has 0 radical (unpaired) electrons. The van der Waals surface area contributed by atoms with Crippen molar-refractivity contribution in [2.24, 2.45) is 0 Å². The first-order valence-electron chi connectivity index (χ1n) is 1.94. The molecule has 0 bridgehead atoms. The monoisotopic (exact) mass is 169 g/mol. The average Bonchev–Trinajstić information content (AvgIpc) is 1.82. The Hall–Kier alpha value is -0.320. The lowest BCUT2D eigenvalue weighted by molar-refractivity contribution is 0.181. The standard InChI is InChI=1S/C2H5N2O3PS/c1-4(2(5)6)9-3-8-7/h1H3,(H,3,7)(H,5,6)/p+1. The molecule has 0 aromatic carbocycles. The number of carbonyl (C=O) groups is 1. The minimum atomic E-state index is -1.08. The van der Waals surface area contributed by atoms with E-state index in [0.717, 1.165) is 16.4 Å². The van der Waals surface area contributed by atoms with Crippen LogP contribution in [-0.2, 0) is 4.57 Å². The minimum Gasteiger partial charge on any atom is -0.464 e. The fraction of sp³-hybridized carbons (Fsp3) is 0.500. The van der Waals surface area contributed by atoms with E-state index in [0.29, 0.717) is 0 Å². The van der Waals surface area contributed by atoms with Crippen LogP contribution >= 0.6 is 20.7 Å². The fourth-order valence-electron chi connectivity index (χ4n) is 0.126. The number of carboxylic acid groups (broad SMARTS) is 1. The van der Waals surface area contributed by atoms with Crippen molar-refractivity contribution in [2.45, 2.75) is 0 Å². The van der Waals surface area contributed by atoms with Crippen molar-refractivity contribution < 1.29 is 14.5 Å². The zero-order chi connectivity index (χ0) is 7.28. The average molecular weight is 169 g/mol. The van der Waals surface area contributed by atoms with Gasteiger partial charge in [-0.25, -0.2) is 9.10 Å². The van der Waals surface area contributed by atoms with E-state index in [1.165, 1.54) is 7.05 Å². The predicted molar refractivity (Wildman–Crippen MR) is 35.5 cm³/mol. The molecule has 0 rings (SSSR count). The Morgan fingerprint density at radius 3 is 2.78 bits per heavy atom. The van der Waals surface area contributed by atoms with Gasteiger partial charge in [-0.15, -0.1) is 0 Å². The molecular formula is C2H6N2O3PS+. The molecule has 1 unspecified atom stereocenters. The van der Waals surface area contributed by atoms with Crippen molar-refractivity contribution >= 4 is 26.8 Å². The van der Waals surface area contributed by atoms with Gasteiger partial charge in [0.2, 0.25) is 0 Å². The van der Waals surface area contributed by atoms with Crippen LogP contribution in [-0.4, -0.2) is 22.6 Å². The molecule has 52 valence electrons. The fourth-order valence-corrected chi connectivity index (χ4v) is 0.901. The van der Waals surface area contributed by atoms with E-state index in [2.05, 4.69) is 4.49 Å². The quantitative estimate of drug-likeness (QED) is 0.480. The van der Waals surface area contributed by atoms with Gasteiger partial charge in [-0.3, -0.25) is 0 Å². The highest BCUT2D eigenvalue weighted by molar-refractivity contribution is 7.98. The van der Waals surface area contributed by atoms with Gasteiger partial charge in [0.25, 0.3) is 0 Å². The molecule has 0 saturated carbocycles. The lowest BCUT2D eigenvalue weighted by Crippen LogP contribution is -2.18. The summed E-state index contributed by atoms with van der Waals surface area (Å²) in [6.07, 6.45) is -1.08. The minimum absolute atomic E-state index is 0.699. The Labute approximate surface area is 57.9 Å². The van der Waals surface area contributed by atoms with Crippen LogP contribution in [0.15, 0.2) is 0 Å². The van der Waals surface area contributed by atoms with Crippen LogP contribution in [0.25, 0.3) is 0 Å². The van der Waals surface area contributed by atoms with Gasteiger partial charge in [0.1, 0.15) is 0 Å². The summed E-state index contributed by atoms with van der Waals surface area (Å²) in [5.74, 6) is 0. The third-order valence-electron chi connectivity index (χ3n) is 0.494. The maximum absolute atomic E-state index is 9.97. The van der Waals surface area contributed by atoms with E-state index in [1.54, 1.807) is 0 Å². The summed E-state index contributed by atoms with van der Waals surface area (Å²) >= 11 is 0.768. The Morgan fingerprint density at radius 1 is 1.89 bits per heavy atom. The van der Waals surface area contributed by atoms with E-state index in [1.807, 2.05) is 0 Å². The van der Waals surface area contributed by atoms with Crippen LogP contribution in [0.2, 0.25) is 0 Å². The van der Waals surface area contributed by atoms with Crippen LogP contribution in [0.5, 0.6) is 0 Å². The van der Waals surface area contributed by atoms with Gasteiger partial charge in [0.05, 0.1) is 12.1 Å². The molecule has 0 saturated heterocycles. The molecule has 5 nitrogen and oxygen atoms in total. The molecule has 0 aliphatic carbocycles. The smallest absolute Gasteiger partial charge is 0.430 e. The summed E-state index contributed by atoms with van der Waals surface area (Å²) in [7, 11) is 0.649. The van der Waals surface area contributed by atoms with Gasteiger partial charge in [0.15, 0.2) is 0 Å².